The molecular weight excluding hydrogens is 228 g/mol. The van der Waals surface area contributed by atoms with Crippen LogP contribution in [0.15, 0.2) is 18.2 Å². The summed E-state index contributed by atoms with van der Waals surface area (Å²) in [5.74, 6) is 1.55. The Labute approximate surface area is 107 Å². The smallest absolute Gasteiger partial charge is 0.229 e. The first-order chi connectivity index (χ1) is 8.74. The van der Waals surface area contributed by atoms with E-state index in [0.29, 0.717) is 5.92 Å². The molecule has 0 bridgehead atoms. The molecule has 4 heteroatoms. The highest BCUT2D eigenvalue weighted by molar-refractivity contribution is 5.93. The lowest BCUT2D eigenvalue weighted by atomic mass is 9.97. The average molecular weight is 246 g/mol. The number of benzene rings is 1. The van der Waals surface area contributed by atoms with Crippen LogP contribution in [-0.4, -0.2) is 25.6 Å². The zero-order chi connectivity index (χ0) is 12.5. The highest BCUT2D eigenvalue weighted by Gasteiger charge is 2.29. The van der Waals surface area contributed by atoms with Crippen molar-refractivity contribution < 1.29 is 9.53 Å². The molecule has 1 aromatic rings. The van der Waals surface area contributed by atoms with Gasteiger partial charge in [-0.2, -0.15) is 0 Å². The number of amides is 1. The van der Waals surface area contributed by atoms with Crippen LogP contribution in [0.25, 0.3) is 0 Å². The quantitative estimate of drug-likeness (QED) is 0.829. The molecule has 2 heterocycles. The van der Waals surface area contributed by atoms with E-state index in [1.54, 1.807) is 0 Å². The Morgan fingerprint density at radius 1 is 1.44 bits per heavy atom. The highest BCUT2D eigenvalue weighted by Crippen LogP contribution is 2.28. The Balaban J connectivity index is 1.71. The summed E-state index contributed by atoms with van der Waals surface area (Å²) in [5.41, 5.74) is 2.06. The van der Waals surface area contributed by atoms with Crippen LogP contribution < -0.4 is 15.4 Å². The van der Waals surface area contributed by atoms with Crippen molar-refractivity contribution >= 4 is 11.6 Å². The maximum Gasteiger partial charge on any atom is 0.229 e. The second-order valence-electron chi connectivity index (χ2n) is 5.15. The number of hydrogen-bond acceptors (Lipinski definition) is 3. The van der Waals surface area contributed by atoms with Gasteiger partial charge in [-0.25, -0.2) is 0 Å². The van der Waals surface area contributed by atoms with Gasteiger partial charge in [0.05, 0.1) is 12.5 Å². The van der Waals surface area contributed by atoms with Gasteiger partial charge in [0, 0.05) is 18.7 Å². The molecule has 0 saturated carbocycles. The predicted molar refractivity (Wildman–Crippen MR) is 69.8 cm³/mol. The number of ether oxygens (including phenoxy) is 1. The maximum absolute atomic E-state index is 12.1. The molecule has 0 radical (unpaired) electrons. The van der Waals surface area contributed by atoms with Gasteiger partial charge in [0.15, 0.2) is 0 Å². The lowest BCUT2D eigenvalue weighted by Crippen LogP contribution is -2.27. The number of carbonyl (C=O) groups excluding carboxylic acids is 1. The minimum atomic E-state index is 0.0782. The van der Waals surface area contributed by atoms with Crippen LogP contribution in [0, 0.1) is 11.8 Å². The molecule has 2 atom stereocenters. The van der Waals surface area contributed by atoms with Gasteiger partial charge in [0.2, 0.25) is 5.91 Å². The van der Waals surface area contributed by atoms with Gasteiger partial charge in [-0.05, 0) is 36.2 Å². The highest BCUT2D eigenvalue weighted by atomic mass is 16.5. The maximum atomic E-state index is 12.1. The third kappa shape index (κ3) is 2.08. The molecule has 0 aromatic heterocycles. The van der Waals surface area contributed by atoms with Gasteiger partial charge in [-0.1, -0.05) is 6.92 Å². The van der Waals surface area contributed by atoms with E-state index in [1.807, 2.05) is 18.2 Å². The normalized spacial score (nSPS) is 25.6. The molecule has 2 aliphatic heterocycles. The fourth-order valence-corrected chi connectivity index (χ4v) is 2.66. The SMILES string of the molecule is C[C@@H]1CNC[C@H]1C(=O)Nc1ccc2c(c1)CCO2. The minimum Gasteiger partial charge on any atom is -0.493 e. The zero-order valence-electron chi connectivity index (χ0n) is 10.5. The third-order valence-electron chi connectivity index (χ3n) is 3.81. The molecule has 2 aliphatic rings. The van der Waals surface area contributed by atoms with Crippen LogP contribution in [-0.2, 0) is 11.2 Å². The Hall–Kier alpha value is -1.55. The monoisotopic (exact) mass is 246 g/mol. The number of anilines is 1. The molecule has 1 fully saturated rings. The van der Waals surface area contributed by atoms with Gasteiger partial charge in [-0.3, -0.25) is 4.79 Å². The van der Waals surface area contributed by atoms with Crippen LogP contribution in [0.4, 0.5) is 5.69 Å². The van der Waals surface area contributed by atoms with Crippen molar-refractivity contribution in [2.75, 3.05) is 25.0 Å². The summed E-state index contributed by atoms with van der Waals surface area (Å²) in [5, 5.41) is 6.26. The van der Waals surface area contributed by atoms with E-state index in [2.05, 4.69) is 17.6 Å². The van der Waals surface area contributed by atoms with Crippen molar-refractivity contribution in [2.45, 2.75) is 13.3 Å². The van der Waals surface area contributed by atoms with Crippen LogP contribution in [0.2, 0.25) is 0 Å². The Morgan fingerprint density at radius 3 is 3.11 bits per heavy atom. The Kier molecular flexibility index (Phi) is 2.96. The molecule has 18 heavy (non-hydrogen) atoms. The number of hydrogen-bond donors (Lipinski definition) is 2. The van der Waals surface area contributed by atoms with E-state index in [9.17, 15) is 4.79 Å². The number of carbonyl (C=O) groups is 1. The van der Waals surface area contributed by atoms with Crippen molar-refractivity contribution in [3.8, 4) is 5.75 Å². The summed E-state index contributed by atoms with van der Waals surface area (Å²) in [6, 6.07) is 5.87. The first-order valence-corrected chi connectivity index (χ1v) is 6.51. The summed E-state index contributed by atoms with van der Waals surface area (Å²) < 4.78 is 5.45. The van der Waals surface area contributed by atoms with Crippen molar-refractivity contribution in [2.24, 2.45) is 11.8 Å². The molecule has 0 aliphatic carbocycles. The lowest BCUT2D eigenvalue weighted by Gasteiger charge is -2.14. The topological polar surface area (TPSA) is 50.4 Å². The number of rotatable bonds is 2. The summed E-state index contributed by atoms with van der Waals surface area (Å²) >= 11 is 0. The van der Waals surface area contributed by atoms with Crippen LogP contribution in [0.3, 0.4) is 0 Å². The van der Waals surface area contributed by atoms with Gasteiger partial charge >= 0.3 is 0 Å². The Bertz CT molecular complexity index is 473. The number of nitrogens with one attached hydrogen (secondary N) is 2. The van der Waals surface area contributed by atoms with Crippen molar-refractivity contribution in [1.29, 1.82) is 0 Å². The fraction of sp³-hybridized carbons (Fsp3) is 0.500. The molecule has 3 rings (SSSR count). The molecule has 96 valence electrons. The average Bonchev–Trinajstić information content (AvgIpc) is 2.96. The molecule has 1 saturated heterocycles. The molecule has 0 spiro atoms. The first-order valence-electron chi connectivity index (χ1n) is 6.51. The van der Waals surface area contributed by atoms with Gasteiger partial charge in [0.1, 0.15) is 5.75 Å². The molecule has 4 nitrogen and oxygen atoms in total. The zero-order valence-corrected chi connectivity index (χ0v) is 10.5. The van der Waals surface area contributed by atoms with E-state index >= 15 is 0 Å². The lowest BCUT2D eigenvalue weighted by molar-refractivity contribution is -0.120. The van der Waals surface area contributed by atoms with Crippen molar-refractivity contribution in [3.05, 3.63) is 23.8 Å². The first kappa shape index (κ1) is 11.5. The molecule has 0 unspecified atom stereocenters. The van der Waals surface area contributed by atoms with Crippen molar-refractivity contribution in [1.82, 2.24) is 5.32 Å². The van der Waals surface area contributed by atoms with Crippen molar-refractivity contribution in [3.63, 3.8) is 0 Å². The second-order valence-corrected chi connectivity index (χ2v) is 5.15. The van der Waals surface area contributed by atoms with Crippen LogP contribution >= 0.6 is 0 Å². The number of fused-ring (bicyclic) bond motifs is 1. The van der Waals surface area contributed by atoms with Gasteiger partial charge in [0.25, 0.3) is 0 Å². The second kappa shape index (κ2) is 4.61. The van der Waals surface area contributed by atoms with Crippen LogP contribution in [0.5, 0.6) is 5.75 Å². The summed E-state index contributed by atoms with van der Waals surface area (Å²) in [6.45, 7) is 4.56. The third-order valence-corrected chi connectivity index (χ3v) is 3.81. The van der Waals surface area contributed by atoms with Gasteiger partial charge < -0.3 is 15.4 Å². The standard InChI is InChI=1S/C14H18N2O2/c1-9-7-15-8-12(9)14(17)16-11-2-3-13-10(6-11)4-5-18-13/h2-3,6,9,12,15H,4-5,7-8H2,1H3,(H,16,17)/t9-,12-/m1/s1. The largest absolute Gasteiger partial charge is 0.493 e. The summed E-state index contributed by atoms with van der Waals surface area (Å²) in [7, 11) is 0. The minimum absolute atomic E-state index is 0.0782. The van der Waals surface area contributed by atoms with E-state index in [1.165, 1.54) is 5.56 Å². The summed E-state index contributed by atoms with van der Waals surface area (Å²) in [4.78, 5) is 12.1. The predicted octanol–water partition coefficient (Wildman–Crippen LogP) is 1.42. The van der Waals surface area contributed by atoms with E-state index in [0.717, 1.165) is 37.6 Å². The van der Waals surface area contributed by atoms with E-state index < -0.39 is 0 Å². The Morgan fingerprint density at radius 2 is 2.33 bits per heavy atom. The molecule has 2 N–H and O–H groups in total. The molecule has 1 amide bonds. The van der Waals surface area contributed by atoms with Crippen LogP contribution in [0.1, 0.15) is 12.5 Å². The fourth-order valence-electron chi connectivity index (χ4n) is 2.66. The molecular formula is C14H18N2O2. The summed E-state index contributed by atoms with van der Waals surface area (Å²) in [6.07, 6.45) is 0.931. The van der Waals surface area contributed by atoms with E-state index in [4.69, 9.17) is 4.74 Å². The van der Waals surface area contributed by atoms with E-state index in [-0.39, 0.29) is 11.8 Å². The molecule has 1 aromatic carbocycles. The van der Waals surface area contributed by atoms with Gasteiger partial charge in [-0.15, -0.1) is 0 Å².